The van der Waals surface area contributed by atoms with Crippen LogP contribution in [0.4, 0.5) is 0 Å². The lowest BCUT2D eigenvalue weighted by Gasteiger charge is -2.65. The predicted octanol–water partition coefficient (Wildman–Crippen LogP) is 11.2. The second-order valence-corrected chi connectivity index (χ2v) is 14.0. The Kier molecular flexibility index (Phi) is 7.71. The van der Waals surface area contributed by atoms with Crippen molar-refractivity contribution in [3.63, 3.8) is 0 Å². The highest BCUT2D eigenvalue weighted by atomic mass is 14.7. The number of allylic oxidation sites excluding steroid dienone is 3. The Balaban J connectivity index is 0.00000228. The van der Waals surface area contributed by atoms with E-state index < -0.39 is 0 Å². The molecule has 0 aromatic carbocycles. The van der Waals surface area contributed by atoms with E-state index in [0.29, 0.717) is 21.7 Å². The third kappa shape index (κ3) is 4.23. The molecule has 0 amide bonds. The van der Waals surface area contributed by atoms with Gasteiger partial charge in [-0.05, 0) is 142 Å². The lowest BCUT2D eigenvalue weighted by Crippen LogP contribution is -2.57. The van der Waals surface area contributed by atoms with Crippen LogP contribution in [0, 0.1) is 45.3 Å². The highest BCUT2D eigenvalue weighted by Crippen LogP contribution is 2.71. The van der Waals surface area contributed by atoms with Gasteiger partial charge in [-0.25, -0.2) is 0 Å². The Morgan fingerprint density at radius 2 is 1.68 bits per heavy atom. The minimum Gasteiger partial charge on any atom is -0.126 e. The quantitative estimate of drug-likeness (QED) is 0.284. The lowest BCUT2D eigenvalue weighted by atomic mass is 9.39. The predicted molar refractivity (Wildman–Crippen MR) is 153 cm³/mol. The van der Waals surface area contributed by atoms with E-state index in [-0.39, 0.29) is 2.85 Å². The van der Waals surface area contributed by atoms with Gasteiger partial charge in [-0.3, -0.25) is 0 Å². The van der Waals surface area contributed by atoms with Gasteiger partial charge < -0.3 is 0 Å². The Morgan fingerprint density at radius 3 is 2.38 bits per heavy atom. The summed E-state index contributed by atoms with van der Waals surface area (Å²) in [5.74, 6) is 3.58. The maximum absolute atomic E-state index is 3.66. The smallest absolute Gasteiger partial charge is 0 e. The molecule has 0 N–H and O–H groups in total. The molecule has 34 heavy (non-hydrogen) atoms. The zero-order valence-corrected chi connectivity index (χ0v) is 23.9. The minimum atomic E-state index is 0. The van der Waals surface area contributed by atoms with Crippen molar-refractivity contribution in [3.05, 3.63) is 29.5 Å². The van der Waals surface area contributed by atoms with E-state index in [1.807, 2.05) is 0 Å². The van der Waals surface area contributed by atoms with Crippen molar-refractivity contribution in [1.29, 1.82) is 0 Å². The molecule has 4 fully saturated rings. The Morgan fingerprint density at radius 1 is 0.912 bits per heavy atom. The molecule has 4 saturated carbocycles. The van der Waals surface area contributed by atoms with Gasteiger partial charge in [-0.2, -0.15) is 0 Å². The van der Waals surface area contributed by atoms with E-state index in [0.717, 1.165) is 23.7 Å². The molecule has 4 rings (SSSR count). The van der Waals surface area contributed by atoms with Crippen molar-refractivity contribution in [1.82, 2.24) is 0 Å². The molecule has 4 aliphatic rings. The molecule has 196 valence electrons. The summed E-state index contributed by atoms with van der Waals surface area (Å²) in [5, 5.41) is 0. The summed E-state index contributed by atoms with van der Waals surface area (Å²) >= 11 is 0. The Hall–Kier alpha value is -0.740. The molecule has 0 heteroatoms. The molecule has 0 heterocycles. The van der Waals surface area contributed by atoms with Crippen LogP contribution in [0.1, 0.15) is 141 Å². The van der Waals surface area contributed by atoms with E-state index in [1.54, 1.807) is 5.57 Å². The van der Waals surface area contributed by atoms with E-state index in [2.05, 4.69) is 72.4 Å². The standard InChI is InChI=1S/C34H56.2H2/c1-8-14-26(4)28-15-11-12-16-29-27-17-24-34(20-10-3)25-31(5,19-9-2)21-13-22-33(34,7)30(27)18-23-32(28,29)6;;/h8-9,19,27-30H,10-13,15-18,20-25H2,1-7H3;2*1H/b19-9+;;/t14?,27?,28?,29?,30?,31-,32-,33-,34?;;/m1../s1. The van der Waals surface area contributed by atoms with E-state index in [4.69, 9.17) is 0 Å². The van der Waals surface area contributed by atoms with Gasteiger partial charge in [0.15, 0.2) is 0 Å². The molecule has 4 aliphatic carbocycles. The fourth-order valence-corrected chi connectivity index (χ4v) is 11.0. The van der Waals surface area contributed by atoms with Gasteiger partial charge in [0, 0.05) is 2.85 Å². The summed E-state index contributed by atoms with van der Waals surface area (Å²) < 4.78 is 0. The molecule has 8 atom stereocenters. The highest BCUT2D eigenvalue weighted by molar-refractivity contribution is 5.17. The first-order valence-corrected chi connectivity index (χ1v) is 15.2. The van der Waals surface area contributed by atoms with Gasteiger partial charge in [-0.15, -0.1) is 5.73 Å². The van der Waals surface area contributed by atoms with Crippen LogP contribution in [-0.4, -0.2) is 0 Å². The molecule has 0 aliphatic heterocycles. The van der Waals surface area contributed by atoms with Crippen LogP contribution in [0.15, 0.2) is 29.5 Å². The summed E-state index contributed by atoms with van der Waals surface area (Å²) in [6.45, 7) is 17.4. The molecular formula is C34H60. The van der Waals surface area contributed by atoms with Crippen molar-refractivity contribution in [3.8, 4) is 0 Å². The molecule has 0 aromatic rings. The maximum atomic E-state index is 3.66. The summed E-state index contributed by atoms with van der Waals surface area (Å²) in [6, 6.07) is 0. The highest BCUT2D eigenvalue weighted by Gasteiger charge is 2.63. The Bertz CT molecular complexity index is 821. The van der Waals surface area contributed by atoms with Gasteiger partial charge in [0.25, 0.3) is 0 Å². The topological polar surface area (TPSA) is 0 Å². The monoisotopic (exact) mass is 468 g/mol. The van der Waals surface area contributed by atoms with Crippen LogP contribution in [-0.2, 0) is 0 Å². The summed E-state index contributed by atoms with van der Waals surface area (Å²) in [7, 11) is 0. The van der Waals surface area contributed by atoms with Gasteiger partial charge in [0.1, 0.15) is 0 Å². The molecule has 0 bridgehead atoms. The van der Waals surface area contributed by atoms with Crippen molar-refractivity contribution in [2.75, 3.05) is 0 Å². The fourth-order valence-electron chi connectivity index (χ4n) is 11.0. The van der Waals surface area contributed by atoms with Crippen molar-refractivity contribution >= 4 is 0 Å². The summed E-state index contributed by atoms with van der Waals surface area (Å²) in [5.41, 5.74) is 7.18. The second kappa shape index (κ2) is 9.96. The largest absolute Gasteiger partial charge is 0.126 e. The molecule has 0 saturated heterocycles. The third-order valence-electron chi connectivity index (χ3n) is 12.3. The van der Waals surface area contributed by atoms with Crippen molar-refractivity contribution < 1.29 is 2.85 Å². The molecule has 0 aromatic heterocycles. The van der Waals surface area contributed by atoms with Crippen LogP contribution in [0.25, 0.3) is 0 Å². The average molecular weight is 469 g/mol. The normalized spacial score (nSPS) is 46.9. The molecule has 5 unspecified atom stereocenters. The number of rotatable bonds is 4. The third-order valence-corrected chi connectivity index (χ3v) is 12.3. The van der Waals surface area contributed by atoms with E-state index in [1.165, 1.54) is 89.9 Å². The SMILES string of the molecule is CC=C=C(C)C1CCCCC2C3CCC4(CCC)C[C@](C)(/C=C/C)CCC[C@]4(C)C3CC[C@]12C.[HH].[HH]. The van der Waals surface area contributed by atoms with Gasteiger partial charge in [0.05, 0.1) is 0 Å². The first kappa shape index (κ1) is 26.3. The minimum absolute atomic E-state index is 0. The first-order valence-electron chi connectivity index (χ1n) is 15.2. The van der Waals surface area contributed by atoms with Gasteiger partial charge >= 0.3 is 0 Å². The molecular weight excluding hydrogens is 408 g/mol. The maximum Gasteiger partial charge on any atom is 0 e. The zero-order chi connectivity index (χ0) is 24.6. The fraction of sp³-hybridized carbons (Fsp3) is 0.853. The average Bonchev–Trinajstić information content (AvgIpc) is 3.02. The van der Waals surface area contributed by atoms with Crippen LogP contribution >= 0.6 is 0 Å². The zero-order valence-electron chi connectivity index (χ0n) is 23.9. The van der Waals surface area contributed by atoms with Crippen LogP contribution in [0.5, 0.6) is 0 Å². The van der Waals surface area contributed by atoms with Crippen LogP contribution in [0.3, 0.4) is 0 Å². The van der Waals surface area contributed by atoms with Crippen LogP contribution < -0.4 is 0 Å². The lowest BCUT2D eigenvalue weighted by molar-refractivity contribution is -0.159. The van der Waals surface area contributed by atoms with Gasteiger partial charge in [0.2, 0.25) is 0 Å². The van der Waals surface area contributed by atoms with E-state index in [9.17, 15) is 0 Å². The second-order valence-electron chi connectivity index (χ2n) is 14.0. The molecule has 0 spiro atoms. The van der Waals surface area contributed by atoms with Crippen molar-refractivity contribution in [2.24, 2.45) is 45.3 Å². The molecule has 0 nitrogen and oxygen atoms in total. The van der Waals surface area contributed by atoms with Crippen molar-refractivity contribution in [2.45, 2.75) is 138 Å². The Labute approximate surface area is 216 Å². The number of hydrogen-bond acceptors (Lipinski definition) is 0. The molecule has 0 radical (unpaired) electrons. The number of fused-ring (bicyclic) bond motifs is 5. The van der Waals surface area contributed by atoms with Crippen LogP contribution in [0.2, 0.25) is 0 Å². The summed E-state index contributed by atoms with van der Waals surface area (Å²) in [4.78, 5) is 0. The number of hydrogen-bond donors (Lipinski definition) is 0. The van der Waals surface area contributed by atoms with Gasteiger partial charge in [-0.1, -0.05) is 65.5 Å². The first-order chi connectivity index (χ1) is 16.2. The summed E-state index contributed by atoms with van der Waals surface area (Å²) in [6.07, 6.45) is 27.4. The van der Waals surface area contributed by atoms with E-state index >= 15 is 0 Å².